The Morgan fingerprint density at radius 1 is 1.21 bits per heavy atom. The molecule has 0 unspecified atom stereocenters. The van der Waals surface area contributed by atoms with Crippen molar-refractivity contribution in [1.82, 2.24) is 10.2 Å². The van der Waals surface area contributed by atoms with Gasteiger partial charge in [0.25, 0.3) is 5.91 Å². The largest absolute Gasteiger partial charge is 0.490 e. The lowest BCUT2D eigenvalue weighted by atomic mass is 9.87. The Hall–Kier alpha value is -2.33. The van der Waals surface area contributed by atoms with E-state index in [0.29, 0.717) is 24.3 Å². The molecule has 184 valence electrons. The summed E-state index contributed by atoms with van der Waals surface area (Å²) in [7, 11) is 0. The van der Waals surface area contributed by atoms with Crippen molar-refractivity contribution in [3.63, 3.8) is 0 Å². The highest BCUT2D eigenvalue weighted by Gasteiger charge is 2.48. The van der Waals surface area contributed by atoms with Crippen molar-refractivity contribution < 1.29 is 32.3 Å². The van der Waals surface area contributed by atoms with E-state index in [4.69, 9.17) is 17.3 Å². The molecule has 0 radical (unpaired) electrons. The SMILES string of the molecule is CC(C)(C)[C@@H](OC(=O)C(F)(F)F)C(=O)N1CCCC[C@H]1C(=O)NCc1cc(Cl)ccc1CN. The zero-order chi connectivity index (χ0) is 25.0. The molecule has 1 saturated heterocycles. The van der Waals surface area contributed by atoms with Crippen molar-refractivity contribution in [2.24, 2.45) is 11.1 Å². The van der Waals surface area contributed by atoms with Crippen molar-refractivity contribution in [2.45, 2.75) is 71.4 Å². The fourth-order valence-electron chi connectivity index (χ4n) is 3.65. The fraction of sp³-hybridized carbons (Fsp3) is 0.591. The lowest BCUT2D eigenvalue weighted by molar-refractivity contribution is -0.211. The van der Waals surface area contributed by atoms with Gasteiger partial charge in [-0.1, -0.05) is 38.4 Å². The second-order valence-corrected chi connectivity index (χ2v) is 9.46. The van der Waals surface area contributed by atoms with Crippen molar-refractivity contribution in [1.29, 1.82) is 0 Å². The zero-order valence-electron chi connectivity index (χ0n) is 18.8. The van der Waals surface area contributed by atoms with Gasteiger partial charge in [-0.05, 0) is 42.5 Å². The van der Waals surface area contributed by atoms with Crippen molar-refractivity contribution >= 4 is 29.4 Å². The molecule has 0 bridgehead atoms. The summed E-state index contributed by atoms with van der Waals surface area (Å²) in [4.78, 5) is 38.8. The smallest absolute Gasteiger partial charge is 0.445 e. The number of ether oxygens (including phenoxy) is 1. The third-order valence-electron chi connectivity index (χ3n) is 5.40. The van der Waals surface area contributed by atoms with E-state index in [-0.39, 0.29) is 19.6 Å². The number of halogens is 4. The molecule has 1 heterocycles. The lowest BCUT2D eigenvalue weighted by Gasteiger charge is -2.39. The molecule has 11 heteroatoms. The van der Waals surface area contributed by atoms with Crippen molar-refractivity contribution in [2.75, 3.05) is 6.54 Å². The molecular formula is C22H29ClF3N3O4. The van der Waals surface area contributed by atoms with E-state index in [2.05, 4.69) is 10.1 Å². The minimum absolute atomic E-state index is 0.121. The van der Waals surface area contributed by atoms with Crippen LogP contribution in [0.15, 0.2) is 18.2 Å². The number of alkyl halides is 3. The molecule has 1 aromatic carbocycles. The Morgan fingerprint density at radius 2 is 1.88 bits per heavy atom. The van der Waals surface area contributed by atoms with E-state index in [0.717, 1.165) is 11.1 Å². The molecule has 2 atom stereocenters. The predicted molar refractivity (Wildman–Crippen MR) is 116 cm³/mol. The first kappa shape index (κ1) is 26.9. The maximum Gasteiger partial charge on any atom is 0.490 e. The normalized spacial score (nSPS) is 17.9. The highest BCUT2D eigenvalue weighted by Crippen LogP contribution is 2.30. The molecule has 3 N–H and O–H groups in total. The summed E-state index contributed by atoms with van der Waals surface area (Å²) in [5, 5.41) is 3.24. The first-order valence-electron chi connectivity index (χ1n) is 10.6. The third-order valence-corrected chi connectivity index (χ3v) is 5.63. The standard InChI is InChI=1S/C22H29ClF3N3O4/c1-21(2,3)17(33-20(32)22(24,25)26)19(31)29-9-5-4-6-16(29)18(30)28-12-14-10-15(23)8-7-13(14)11-27/h7-8,10,16-17H,4-6,9,11-12,27H2,1-3H3,(H,28,30)/t16-,17-/m0/s1. The Balaban J connectivity index is 2.20. The van der Waals surface area contributed by atoms with E-state index in [9.17, 15) is 27.6 Å². The highest BCUT2D eigenvalue weighted by molar-refractivity contribution is 6.30. The van der Waals surface area contributed by atoms with E-state index in [1.165, 1.54) is 25.7 Å². The maximum atomic E-state index is 13.2. The first-order chi connectivity index (χ1) is 15.3. The summed E-state index contributed by atoms with van der Waals surface area (Å²) < 4.78 is 42.9. The van der Waals surface area contributed by atoms with Crippen LogP contribution < -0.4 is 11.1 Å². The monoisotopic (exact) mass is 491 g/mol. The van der Waals surface area contributed by atoms with Crippen LogP contribution in [-0.2, 0) is 32.2 Å². The molecule has 7 nitrogen and oxygen atoms in total. The van der Waals surface area contributed by atoms with Crippen molar-refractivity contribution in [3.8, 4) is 0 Å². The van der Waals surface area contributed by atoms with Gasteiger partial charge in [-0.15, -0.1) is 0 Å². The predicted octanol–water partition coefficient (Wildman–Crippen LogP) is 3.32. The summed E-state index contributed by atoms with van der Waals surface area (Å²) in [6.45, 7) is 5.01. The summed E-state index contributed by atoms with van der Waals surface area (Å²) in [6.07, 6.45) is -5.36. The minimum atomic E-state index is -5.24. The molecule has 2 amide bonds. The van der Waals surface area contributed by atoms with Crippen LogP contribution >= 0.6 is 11.6 Å². The number of hydrogen-bond donors (Lipinski definition) is 2. The van der Waals surface area contributed by atoms with Crippen LogP contribution in [0.1, 0.15) is 51.2 Å². The van der Waals surface area contributed by atoms with E-state index in [1.54, 1.807) is 18.2 Å². The summed E-state index contributed by atoms with van der Waals surface area (Å²) >= 11 is 6.03. The average molecular weight is 492 g/mol. The number of hydrogen-bond acceptors (Lipinski definition) is 5. The fourth-order valence-corrected chi connectivity index (χ4v) is 3.84. The second kappa shape index (κ2) is 10.7. The number of carbonyl (C=O) groups excluding carboxylic acids is 3. The minimum Gasteiger partial charge on any atom is -0.445 e. The Labute approximate surface area is 195 Å². The second-order valence-electron chi connectivity index (χ2n) is 9.03. The number of nitrogens with two attached hydrogens (primary N) is 1. The average Bonchev–Trinajstić information content (AvgIpc) is 2.73. The van der Waals surface area contributed by atoms with Gasteiger partial charge in [-0.3, -0.25) is 9.59 Å². The summed E-state index contributed by atoms with van der Waals surface area (Å²) in [5.74, 6) is -3.73. The molecule has 1 aliphatic heterocycles. The molecule has 1 aromatic rings. The molecule has 0 aliphatic carbocycles. The summed E-state index contributed by atoms with van der Waals surface area (Å²) in [5.41, 5.74) is 6.12. The van der Waals surface area contributed by atoms with Gasteiger partial charge in [0.15, 0.2) is 6.10 Å². The first-order valence-corrected chi connectivity index (χ1v) is 11.0. The summed E-state index contributed by atoms with van der Waals surface area (Å²) in [6, 6.07) is 4.22. The molecule has 0 spiro atoms. The van der Waals surface area contributed by atoms with E-state index >= 15 is 0 Å². The quantitative estimate of drug-likeness (QED) is 0.594. The van der Waals surface area contributed by atoms with Crippen LogP contribution in [0.2, 0.25) is 5.02 Å². The molecule has 1 fully saturated rings. The molecule has 33 heavy (non-hydrogen) atoms. The Kier molecular flexibility index (Phi) is 8.75. The topological polar surface area (TPSA) is 102 Å². The number of rotatable bonds is 6. The van der Waals surface area contributed by atoms with E-state index < -0.39 is 41.5 Å². The third kappa shape index (κ3) is 7.07. The molecular weight excluding hydrogens is 463 g/mol. The number of carbonyl (C=O) groups is 3. The van der Waals surface area contributed by atoms with Gasteiger partial charge in [0, 0.05) is 30.1 Å². The number of likely N-dealkylation sites (tertiary alicyclic amines) is 1. The number of esters is 1. The molecule has 2 rings (SSSR count). The van der Waals surface area contributed by atoms with Gasteiger partial charge in [0.05, 0.1) is 0 Å². The van der Waals surface area contributed by atoms with Gasteiger partial charge in [0.1, 0.15) is 6.04 Å². The lowest BCUT2D eigenvalue weighted by Crippen LogP contribution is -2.57. The molecule has 0 aromatic heterocycles. The zero-order valence-corrected chi connectivity index (χ0v) is 19.6. The van der Waals surface area contributed by atoms with Crippen LogP contribution in [-0.4, -0.2) is 47.6 Å². The maximum absolute atomic E-state index is 13.2. The van der Waals surface area contributed by atoms with Gasteiger partial charge in [-0.2, -0.15) is 13.2 Å². The molecule has 0 saturated carbocycles. The Morgan fingerprint density at radius 3 is 2.45 bits per heavy atom. The van der Waals surface area contributed by atoms with Crippen LogP contribution in [0.3, 0.4) is 0 Å². The number of nitrogens with one attached hydrogen (secondary N) is 1. The number of amides is 2. The van der Waals surface area contributed by atoms with Gasteiger partial charge in [-0.25, -0.2) is 4.79 Å². The number of piperidine rings is 1. The van der Waals surface area contributed by atoms with Gasteiger partial charge in [0.2, 0.25) is 5.91 Å². The van der Waals surface area contributed by atoms with E-state index in [1.807, 2.05) is 0 Å². The number of benzene rings is 1. The van der Waals surface area contributed by atoms with Crippen LogP contribution in [0, 0.1) is 5.41 Å². The Bertz CT molecular complexity index is 887. The van der Waals surface area contributed by atoms with Crippen LogP contribution in [0.25, 0.3) is 0 Å². The van der Waals surface area contributed by atoms with Crippen LogP contribution in [0.4, 0.5) is 13.2 Å². The number of nitrogens with zero attached hydrogens (tertiary/aromatic N) is 1. The highest BCUT2D eigenvalue weighted by atomic mass is 35.5. The van der Waals surface area contributed by atoms with Crippen molar-refractivity contribution in [3.05, 3.63) is 34.3 Å². The van der Waals surface area contributed by atoms with Gasteiger partial charge >= 0.3 is 12.1 Å². The van der Waals surface area contributed by atoms with Gasteiger partial charge < -0.3 is 20.7 Å². The van der Waals surface area contributed by atoms with Crippen LogP contribution in [0.5, 0.6) is 0 Å². The molecule has 1 aliphatic rings.